The van der Waals surface area contributed by atoms with Gasteiger partial charge in [-0.1, -0.05) is 41.6 Å². The Labute approximate surface area is 108 Å². The minimum absolute atomic E-state index is 0.306. The summed E-state index contributed by atoms with van der Waals surface area (Å²) < 4.78 is 11.4. The normalized spacial score (nSPS) is 27.8. The van der Waals surface area contributed by atoms with Crippen molar-refractivity contribution in [1.82, 2.24) is 0 Å². The molecule has 0 aromatic rings. The highest BCUT2D eigenvalue weighted by Gasteiger charge is 2.20. The van der Waals surface area contributed by atoms with E-state index < -0.39 is 0 Å². The van der Waals surface area contributed by atoms with E-state index in [0.29, 0.717) is 23.6 Å². The van der Waals surface area contributed by atoms with Gasteiger partial charge in [-0.15, -0.1) is 0 Å². The largest absolute Gasteiger partial charge is 0.376 e. The van der Waals surface area contributed by atoms with Gasteiger partial charge in [-0.3, -0.25) is 0 Å². The minimum atomic E-state index is 0.306. The Morgan fingerprint density at radius 1 is 1.06 bits per heavy atom. The van der Waals surface area contributed by atoms with Crippen molar-refractivity contribution in [3.8, 4) is 0 Å². The smallest absolute Gasteiger partial charge is 0.0704 e. The second kappa shape index (κ2) is 8.48. The van der Waals surface area contributed by atoms with E-state index in [9.17, 15) is 0 Å². The SMILES string of the molecule is CC(C)OCCOC1CCCCCCC1Br. The average Bonchev–Trinajstić information content (AvgIpc) is 2.21. The lowest BCUT2D eigenvalue weighted by atomic mass is 9.98. The molecule has 0 aliphatic heterocycles. The maximum absolute atomic E-state index is 5.91. The topological polar surface area (TPSA) is 18.5 Å². The van der Waals surface area contributed by atoms with Crippen molar-refractivity contribution in [3.05, 3.63) is 0 Å². The lowest BCUT2D eigenvalue weighted by Crippen LogP contribution is -2.27. The van der Waals surface area contributed by atoms with Gasteiger partial charge in [-0.25, -0.2) is 0 Å². The van der Waals surface area contributed by atoms with Crippen LogP contribution in [0.25, 0.3) is 0 Å². The number of alkyl halides is 1. The van der Waals surface area contributed by atoms with E-state index in [4.69, 9.17) is 9.47 Å². The molecule has 1 rings (SSSR count). The Morgan fingerprint density at radius 2 is 1.75 bits per heavy atom. The Balaban J connectivity index is 2.16. The fourth-order valence-corrected chi connectivity index (χ4v) is 2.82. The number of rotatable bonds is 5. The molecule has 96 valence electrons. The van der Waals surface area contributed by atoms with Gasteiger partial charge in [-0.2, -0.15) is 0 Å². The van der Waals surface area contributed by atoms with Crippen LogP contribution in [-0.2, 0) is 9.47 Å². The van der Waals surface area contributed by atoms with E-state index in [1.54, 1.807) is 0 Å². The first kappa shape index (κ1) is 14.5. The lowest BCUT2D eigenvalue weighted by molar-refractivity contribution is -0.0174. The zero-order chi connectivity index (χ0) is 11.8. The van der Waals surface area contributed by atoms with Crippen LogP contribution >= 0.6 is 15.9 Å². The molecule has 0 N–H and O–H groups in total. The second-order valence-corrected chi connectivity index (χ2v) is 6.01. The molecule has 0 aromatic heterocycles. The van der Waals surface area contributed by atoms with Gasteiger partial charge in [0.2, 0.25) is 0 Å². The lowest BCUT2D eigenvalue weighted by Gasteiger charge is -2.25. The van der Waals surface area contributed by atoms with Crippen molar-refractivity contribution in [2.24, 2.45) is 0 Å². The molecular formula is C13H25BrO2. The summed E-state index contributed by atoms with van der Waals surface area (Å²) in [6.45, 7) is 5.56. The number of halogens is 1. The molecule has 0 radical (unpaired) electrons. The van der Waals surface area contributed by atoms with Crippen LogP contribution in [-0.4, -0.2) is 30.2 Å². The van der Waals surface area contributed by atoms with Crippen LogP contribution in [0.1, 0.15) is 52.4 Å². The maximum Gasteiger partial charge on any atom is 0.0704 e. The van der Waals surface area contributed by atoms with Gasteiger partial charge in [0.15, 0.2) is 0 Å². The van der Waals surface area contributed by atoms with Gasteiger partial charge < -0.3 is 9.47 Å². The van der Waals surface area contributed by atoms with Gasteiger partial charge in [0.25, 0.3) is 0 Å². The molecule has 1 aliphatic rings. The van der Waals surface area contributed by atoms with Crippen molar-refractivity contribution < 1.29 is 9.47 Å². The van der Waals surface area contributed by atoms with Crippen LogP contribution in [0.4, 0.5) is 0 Å². The third-order valence-corrected chi connectivity index (χ3v) is 4.04. The van der Waals surface area contributed by atoms with E-state index >= 15 is 0 Å². The predicted octanol–water partition coefficient (Wildman–Crippen LogP) is 3.91. The summed E-state index contributed by atoms with van der Waals surface area (Å²) in [6.07, 6.45) is 8.51. The molecule has 1 saturated carbocycles. The Kier molecular flexibility index (Phi) is 7.67. The van der Waals surface area contributed by atoms with Crippen LogP contribution < -0.4 is 0 Å². The highest BCUT2D eigenvalue weighted by atomic mass is 79.9. The van der Waals surface area contributed by atoms with E-state index in [2.05, 4.69) is 29.8 Å². The van der Waals surface area contributed by atoms with Crippen molar-refractivity contribution in [3.63, 3.8) is 0 Å². The monoisotopic (exact) mass is 292 g/mol. The van der Waals surface area contributed by atoms with Crippen LogP contribution in [0.3, 0.4) is 0 Å². The first-order valence-electron chi connectivity index (χ1n) is 6.57. The maximum atomic E-state index is 5.91. The molecule has 1 aliphatic carbocycles. The summed E-state index contributed by atoms with van der Waals surface area (Å²) >= 11 is 3.75. The summed E-state index contributed by atoms with van der Waals surface area (Å²) in [5.41, 5.74) is 0. The van der Waals surface area contributed by atoms with Crippen LogP contribution in [0.2, 0.25) is 0 Å². The standard InChI is InChI=1S/C13H25BrO2/c1-11(2)15-9-10-16-13-8-6-4-3-5-7-12(13)14/h11-13H,3-10H2,1-2H3. The second-order valence-electron chi connectivity index (χ2n) is 4.84. The average molecular weight is 293 g/mol. The molecule has 1 fully saturated rings. The van der Waals surface area contributed by atoms with E-state index in [1.165, 1.54) is 38.5 Å². The van der Waals surface area contributed by atoms with Crippen LogP contribution in [0.15, 0.2) is 0 Å². The van der Waals surface area contributed by atoms with E-state index in [0.717, 1.165) is 6.61 Å². The van der Waals surface area contributed by atoms with Gasteiger partial charge in [0, 0.05) is 4.83 Å². The Hall–Kier alpha value is 0.400. The molecule has 0 heterocycles. The molecule has 2 unspecified atom stereocenters. The number of ether oxygens (including phenoxy) is 2. The quantitative estimate of drug-likeness (QED) is 0.565. The number of hydrogen-bond donors (Lipinski definition) is 0. The highest BCUT2D eigenvalue weighted by molar-refractivity contribution is 9.09. The summed E-state index contributed by atoms with van der Waals surface area (Å²) in [6, 6.07) is 0. The van der Waals surface area contributed by atoms with Crippen molar-refractivity contribution in [1.29, 1.82) is 0 Å². The molecule has 0 bridgehead atoms. The summed E-state index contributed by atoms with van der Waals surface area (Å²) in [4.78, 5) is 0.534. The number of hydrogen-bond acceptors (Lipinski definition) is 2. The first-order chi connectivity index (χ1) is 7.70. The van der Waals surface area contributed by atoms with Gasteiger partial charge in [-0.05, 0) is 26.7 Å². The molecule has 2 atom stereocenters. The first-order valence-corrected chi connectivity index (χ1v) is 7.49. The van der Waals surface area contributed by atoms with Crippen molar-refractivity contribution in [2.45, 2.75) is 69.4 Å². The zero-order valence-electron chi connectivity index (χ0n) is 10.6. The molecule has 0 amide bonds. The zero-order valence-corrected chi connectivity index (χ0v) is 12.2. The molecule has 0 saturated heterocycles. The highest BCUT2D eigenvalue weighted by Crippen LogP contribution is 2.25. The predicted molar refractivity (Wildman–Crippen MR) is 71.2 cm³/mol. The minimum Gasteiger partial charge on any atom is -0.376 e. The summed E-state index contributed by atoms with van der Waals surface area (Å²) in [5, 5.41) is 0. The van der Waals surface area contributed by atoms with Gasteiger partial charge in [0.1, 0.15) is 0 Å². The molecule has 0 spiro atoms. The Morgan fingerprint density at radius 3 is 2.44 bits per heavy atom. The van der Waals surface area contributed by atoms with E-state index in [-0.39, 0.29) is 0 Å². The van der Waals surface area contributed by atoms with Gasteiger partial charge >= 0.3 is 0 Å². The molecule has 16 heavy (non-hydrogen) atoms. The Bertz CT molecular complexity index is 173. The van der Waals surface area contributed by atoms with Gasteiger partial charge in [0.05, 0.1) is 25.4 Å². The summed E-state index contributed by atoms with van der Waals surface area (Å²) in [7, 11) is 0. The molecule has 0 aromatic carbocycles. The molecule has 3 heteroatoms. The van der Waals surface area contributed by atoms with Crippen molar-refractivity contribution >= 4 is 15.9 Å². The fourth-order valence-electron chi connectivity index (χ4n) is 2.08. The molecule has 2 nitrogen and oxygen atoms in total. The van der Waals surface area contributed by atoms with Crippen LogP contribution in [0, 0.1) is 0 Å². The summed E-state index contributed by atoms with van der Waals surface area (Å²) in [5.74, 6) is 0. The third kappa shape index (κ3) is 6.21. The van der Waals surface area contributed by atoms with Crippen molar-refractivity contribution in [2.75, 3.05) is 13.2 Å². The fraction of sp³-hybridized carbons (Fsp3) is 1.00. The molecular weight excluding hydrogens is 268 g/mol. The van der Waals surface area contributed by atoms with Crippen LogP contribution in [0.5, 0.6) is 0 Å². The van der Waals surface area contributed by atoms with E-state index in [1.807, 2.05) is 0 Å². The third-order valence-electron chi connectivity index (χ3n) is 2.99.